The fourth-order valence-corrected chi connectivity index (χ4v) is 7.18. The first-order chi connectivity index (χ1) is 26.1. The largest absolute Gasteiger partial charge is 0.421 e. The Bertz CT molecular complexity index is 2570. The number of aromatic nitrogens is 6. The summed E-state index contributed by atoms with van der Waals surface area (Å²) in [5.74, 6) is -0.141. The predicted octanol–water partition coefficient (Wildman–Crippen LogP) is 8.74. The summed E-state index contributed by atoms with van der Waals surface area (Å²) in [6.07, 6.45) is 1.18. The number of fused-ring (bicyclic) bond motifs is 2. The van der Waals surface area contributed by atoms with Crippen LogP contribution in [0.1, 0.15) is 80.6 Å². The fourth-order valence-electron chi connectivity index (χ4n) is 6.50. The van der Waals surface area contributed by atoms with Crippen LogP contribution in [0.5, 0.6) is 0 Å². The molecule has 0 bridgehead atoms. The van der Waals surface area contributed by atoms with Crippen LogP contribution in [0.4, 0.5) is 36.7 Å². The van der Waals surface area contributed by atoms with Crippen LogP contribution >= 0.6 is 34.8 Å². The standard InChI is InChI=1S/C19H17ClF3N5O.C18H17Cl2N5O/c1-9(26-18-25-8-12(16(24)27-18)19(21,22)23)14-7-10-3-2-4-13(20)15(10)17(29)28(14)11-5-6-11;1-9(23-16-13(20)8-22-18(21)24-16)14-7-10-3-2-4-12(19)15(10)17(26)25(14)11-5-6-11/h2-4,7-9,11H,5-6H2,1H3,(H3,24,25,26,27);2-4,7-9,11H,5-6H2,1H3,(H3,21,22,23,24)/t2*9-/m00/s1. The van der Waals surface area contributed by atoms with Crippen molar-refractivity contribution in [3.63, 3.8) is 0 Å². The summed E-state index contributed by atoms with van der Waals surface area (Å²) < 4.78 is 42.1. The monoisotopic (exact) mass is 812 g/mol. The molecule has 4 aromatic heterocycles. The lowest BCUT2D eigenvalue weighted by Crippen LogP contribution is -2.26. The second kappa shape index (κ2) is 14.8. The summed E-state index contributed by atoms with van der Waals surface area (Å²) in [7, 11) is 0. The van der Waals surface area contributed by atoms with Gasteiger partial charge < -0.3 is 31.2 Å². The zero-order valence-corrected chi connectivity index (χ0v) is 31.6. The smallest absolute Gasteiger partial charge is 0.383 e. The van der Waals surface area contributed by atoms with E-state index in [0.717, 1.165) is 36.8 Å². The Hall–Kier alpha value is -5.12. The quantitative estimate of drug-likeness (QED) is 0.116. The van der Waals surface area contributed by atoms with Gasteiger partial charge in [0, 0.05) is 29.7 Å². The molecule has 55 heavy (non-hydrogen) atoms. The lowest BCUT2D eigenvalue weighted by Gasteiger charge is -2.21. The van der Waals surface area contributed by atoms with E-state index in [1.54, 1.807) is 35.8 Å². The Kier molecular flexibility index (Phi) is 10.3. The summed E-state index contributed by atoms with van der Waals surface area (Å²) in [4.78, 5) is 41.7. The molecule has 6 N–H and O–H groups in total. The van der Waals surface area contributed by atoms with E-state index in [9.17, 15) is 22.8 Å². The normalized spacial score (nSPS) is 15.3. The maximum Gasteiger partial charge on any atom is 0.421 e. The number of alkyl halides is 3. The van der Waals surface area contributed by atoms with Gasteiger partial charge in [0.2, 0.25) is 11.9 Å². The Balaban J connectivity index is 0.000000170. The van der Waals surface area contributed by atoms with Gasteiger partial charge in [-0.15, -0.1) is 0 Å². The van der Waals surface area contributed by atoms with Crippen molar-refractivity contribution < 1.29 is 13.2 Å². The van der Waals surface area contributed by atoms with Crippen LogP contribution in [0.2, 0.25) is 15.1 Å². The van der Waals surface area contributed by atoms with Crippen molar-refractivity contribution in [3.05, 3.63) is 114 Å². The number of nitrogens with zero attached hydrogens (tertiary/aromatic N) is 6. The van der Waals surface area contributed by atoms with Crippen LogP contribution < -0.4 is 33.2 Å². The van der Waals surface area contributed by atoms with E-state index in [1.807, 2.05) is 35.8 Å². The number of rotatable bonds is 8. The maximum atomic E-state index is 13.1. The molecule has 2 saturated carbocycles. The van der Waals surface area contributed by atoms with Crippen molar-refractivity contribution in [2.24, 2.45) is 0 Å². The molecule has 0 unspecified atom stereocenters. The molecular weight excluding hydrogens is 780 g/mol. The summed E-state index contributed by atoms with van der Waals surface area (Å²) in [6.45, 7) is 3.74. The van der Waals surface area contributed by atoms with Gasteiger partial charge in [0.05, 0.1) is 39.1 Å². The van der Waals surface area contributed by atoms with Crippen LogP contribution in [0, 0.1) is 0 Å². The molecule has 2 aliphatic rings. The van der Waals surface area contributed by atoms with Crippen LogP contribution in [-0.2, 0) is 6.18 Å². The zero-order chi connectivity index (χ0) is 39.3. The maximum absolute atomic E-state index is 13.1. The minimum absolute atomic E-state index is 0.0519. The van der Waals surface area contributed by atoms with Gasteiger partial charge in [0.25, 0.3) is 11.1 Å². The van der Waals surface area contributed by atoms with Crippen LogP contribution in [0.25, 0.3) is 21.5 Å². The molecule has 0 radical (unpaired) electrons. The third-order valence-electron chi connectivity index (χ3n) is 9.42. The highest BCUT2D eigenvalue weighted by atomic mass is 35.5. The molecule has 12 nitrogen and oxygen atoms in total. The number of anilines is 4. The van der Waals surface area contributed by atoms with Gasteiger partial charge in [-0.3, -0.25) is 9.59 Å². The average molecular weight is 814 g/mol. The van der Waals surface area contributed by atoms with E-state index < -0.39 is 23.6 Å². The van der Waals surface area contributed by atoms with Gasteiger partial charge in [-0.25, -0.2) is 9.97 Å². The van der Waals surface area contributed by atoms with Crippen LogP contribution in [0.15, 0.2) is 70.5 Å². The number of halogens is 6. The molecule has 4 heterocycles. The van der Waals surface area contributed by atoms with Gasteiger partial charge >= 0.3 is 6.18 Å². The Morgan fingerprint density at radius 1 is 0.745 bits per heavy atom. The van der Waals surface area contributed by atoms with Gasteiger partial charge in [0.1, 0.15) is 16.4 Å². The van der Waals surface area contributed by atoms with Crippen molar-refractivity contribution in [1.82, 2.24) is 29.1 Å². The summed E-state index contributed by atoms with van der Waals surface area (Å²) >= 11 is 18.7. The van der Waals surface area contributed by atoms with E-state index in [4.69, 9.17) is 46.3 Å². The molecule has 0 saturated heterocycles. The third kappa shape index (κ3) is 7.86. The first kappa shape index (κ1) is 38.2. The molecule has 0 spiro atoms. The second-order valence-electron chi connectivity index (χ2n) is 13.5. The van der Waals surface area contributed by atoms with Crippen molar-refractivity contribution in [2.45, 2.75) is 69.9 Å². The van der Waals surface area contributed by atoms with E-state index >= 15 is 0 Å². The Morgan fingerprint density at radius 2 is 1.25 bits per heavy atom. The van der Waals surface area contributed by atoms with Crippen molar-refractivity contribution in [3.8, 4) is 0 Å². The molecule has 286 valence electrons. The molecule has 8 rings (SSSR count). The van der Waals surface area contributed by atoms with Gasteiger partial charge in [-0.05, 0) is 74.6 Å². The highest BCUT2D eigenvalue weighted by Gasteiger charge is 2.35. The minimum atomic E-state index is -4.63. The van der Waals surface area contributed by atoms with Crippen LogP contribution in [-0.4, -0.2) is 29.1 Å². The zero-order valence-electron chi connectivity index (χ0n) is 29.3. The molecule has 6 aromatic rings. The number of hydrogen-bond donors (Lipinski definition) is 4. The number of hydrogen-bond acceptors (Lipinski definition) is 10. The Morgan fingerprint density at radius 3 is 1.73 bits per heavy atom. The fraction of sp³-hybridized carbons (Fsp3) is 0.297. The highest BCUT2D eigenvalue weighted by molar-refractivity contribution is 6.36. The summed E-state index contributed by atoms with van der Waals surface area (Å²) in [5.41, 5.74) is 11.3. The van der Waals surface area contributed by atoms with Crippen molar-refractivity contribution in [1.29, 1.82) is 0 Å². The van der Waals surface area contributed by atoms with Gasteiger partial charge in [-0.2, -0.15) is 23.1 Å². The topological polar surface area (TPSA) is 172 Å². The molecule has 2 aromatic carbocycles. The lowest BCUT2D eigenvalue weighted by atomic mass is 10.1. The average Bonchev–Trinajstić information content (AvgIpc) is 4.05. The first-order valence-electron chi connectivity index (χ1n) is 17.3. The third-order valence-corrected chi connectivity index (χ3v) is 10.3. The van der Waals surface area contributed by atoms with E-state index in [-0.39, 0.29) is 41.1 Å². The van der Waals surface area contributed by atoms with Crippen LogP contribution in [0.3, 0.4) is 0 Å². The highest BCUT2D eigenvalue weighted by Crippen LogP contribution is 2.39. The molecule has 0 amide bonds. The molecule has 2 aliphatic carbocycles. The van der Waals surface area contributed by atoms with E-state index in [2.05, 4.69) is 30.6 Å². The Labute approximate surface area is 326 Å². The number of pyridine rings is 2. The number of benzene rings is 2. The minimum Gasteiger partial charge on any atom is -0.383 e. The van der Waals surface area contributed by atoms with E-state index in [1.165, 1.54) is 6.20 Å². The lowest BCUT2D eigenvalue weighted by molar-refractivity contribution is -0.137. The summed E-state index contributed by atoms with van der Waals surface area (Å²) in [5, 5.41) is 9.93. The van der Waals surface area contributed by atoms with Gasteiger partial charge in [-0.1, -0.05) is 59.1 Å². The van der Waals surface area contributed by atoms with Gasteiger partial charge in [0.15, 0.2) is 5.82 Å². The molecule has 2 atom stereocenters. The van der Waals surface area contributed by atoms with Crippen molar-refractivity contribution in [2.75, 3.05) is 22.1 Å². The molecule has 2 fully saturated rings. The SMILES string of the molecule is C[C@H](Nc1nc(N)ncc1Cl)c1cc2cccc(Cl)c2c(=O)n1C1CC1.C[C@H](Nc1ncc(C(F)(F)F)c(N)n1)c1cc2cccc(Cl)c2c(=O)n1C1CC1. The predicted molar refractivity (Wildman–Crippen MR) is 210 cm³/mol. The van der Waals surface area contributed by atoms with Crippen molar-refractivity contribution >= 4 is 79.9 Å². The molecule has 18 heteroatoms. The number of nitrogen functional groups attached to an aromatic ring is 2. The molecule has 0 aliphatic heterocycles. The first-order valence-corrected chi connectivity index (χ1v) is 18.4. The number of nitrogens with two attached hydrogens (primary N) is 2. The number of nitrogens with one attached hydrogen (secondary N) is 2. The second-order valence-corrected chi connectivity index (χ2v) is 14.7. The van der Waals surface area contributed by atoms with E-state index in [0.29, 0.717) is 48.9 Å². The molecular formula is C37H34Cl3F3N10O2. The summed E-state index contributed by atoms with van der Waals surface area (Å²) in [6, 6.07) is 14.2.